The molecule has 0 spiro atoms. The number of sulfonamides is 1. The Bertz CT molecular complexity index is 1510. The largest absolute Gasteiger partial charge is 0.487 e. The van der Waals surface area contributed by atoms with E-state index in [1.807, 2.05) is 37.3 Å². The molecular formula is C37H52ClN3O5S. The lowest BCUT2D eigenvalue weighted by Crippen LogP contribution is -2.51. The molecule has 1 saturated carbocycles. The van der Waals surface area contributed by atoms with Gasteiger partial charge in [0.2, 0.25) is 10.0 Å². The Hall–Kier alpha value is -2.33. The molecule has 6 atom stereocenters. The maximum absolute atomic E-state index is 13.5. The summed E-state index contributed by atoms with van der Waals surface area (Å²) in [7, 11) is -3.87. The molecule has 2 bridgehead atoms. The minimum Gasteiger partial charge on any atom is -0.487 e. The highest BCUT2D eigenvalue weighted by Crippen LogP contribution is 2.46. The predicted molar refractivity (Wildman–Crippen MR) is 188 cm³/mol. The van der Waals surface area contributed by atoms with Crippen molar-refractivity contribution in [1.82, 2.24) is 9.62 Å². The summed E-state index contributed by atoms with van der Waals surface area (Å²) in [6.45, 7) is 11.8. The Balaban J connectivity index is 1.36. The average Bonchev–Trinajstić information content (AvgIpc) is 3.08. The van der Waals surface area contributed by atoms with Crippen LogP contribution in [0.4, 0.5) is 5.69 Å². The zero-order chi connectivity index (χ0) is 33.1. The fourth-order valence-electron chi connectivity index (χ4n) is 8.31. The van der Waals surface area contributed by atoms with Gasteiger partial charge >= 0.3 is 0 Å². The SMILES string of the molecule is C[C@@H]1[C@@H](C)CCC[C@@H]([C@H](C)N2CCOCC2)[C@@H]2CC[C@H]2CN2CCCCc3cc(Cl)ccc3COc3ccc(cc32)C(=O)NS1(=O)=O. The molecule has 10 heteroatoms. The third-order valence-electron chi connectivity index (χ3n) is 11.7. The van der Waals surface area contributed by atoms with Crippen LogP contribution in [-0.4, -0.2) is 69.9 Å². The van der Waals surface area contributed by atoms with Crippen LogP contribution in [0, 0.1) is 23.7 Å². The number of morpholine rings is 1. The van der Waals surface area contributed by atoms with E-state index >= 15 is 0 Å². The summed E-state index contributed by atoms with van der Waals surface area (Å²) in [5.41, 5.74) is 3.52. The first-order chi connectivity index (χ1) is 22.6. The van der Waals surface area contributed by atoms with Gasteiger partial charge in [0.1, 0.15) is 12.4 Å². The van der Waals surface area contributed by atoms with Gasteiger partial charge in [0.15, 0.2) is 0 Å². The lowest BCUT2D eigenvalue weighted by Gasteiger charge is -2.49. The molecule has 1 N–H and O–H groups in total. The van der Waals surface area contributed by atoms with E-state index in [4.69, 9.17) is 21.1 Å². The van der Waals surface area contributed by atoms with E-state index in [0.717, 1.165) is 94.2 Å². The van der Waals surface area contributed by atoms with Gasteiger partial charge < -0.3 is 14.4 Å². The number of carbonyl (C=O) groups excluding carboxylic acids is 1. The first kappa shape index (κ1) is 34.5. The van der Waals surface area contributed by atoms with Gasteiger partial charge in [0.25, 0.3) is 5.91 Å². The normalized spacial score (nSPS) is 29.9. The number of anilines is 1. The van der Waals surface area contributed by atoms with Crippen molar-refractivity contribution in [2.24, 2.45) is 23.7 Å². The first-order valence-electron chi connectivity index (χ1n) is 17.8. The van der Waals surface area contributed by atoms with Crippen LogP contribution in [0.3, 0.4) is 0 Å². The van der Waals surface area contributed by atoms with Crippen molar-refractivity contribution in [3.8, 4) is 5.75 Å². The van der Waals surface area contributed by atoms with Crippen molar-refractivity contribution >= 4 is 33.2 Å². The van der Waals surface area contributed by atoms with Crippen molar-refractivity contribution in [3.05, 3.63) is 58.1 Å². The lowest BCUT2D eigenvalue weighted by molar-refractivity contribution is -0.0219. The molecule has 1 aliphatic carbocycles. The number of benzene rings is 2. The van der Waals surface area contributed by atoms with Crippen LogP contribution in [0.25, 0.3) is 0 Å². The van der Waals surface area contributed by atoms with Crippen LogP contribution < -0.4 is 14.4 Å². The maximum Gasteiger partial charge on any atom is 0.264 e. The Morgan fingerprint density at radius 3 is 2.51 bits per heavy atom. The van der Waals surface area contributed by atoms with Gasteiger partial charge in [-0.15, -0.1) is 0 Å². The summed E-state index contributed by atoms with van der Waals surface area (Å²) in [6, 6.07) is 11.8. The molecule has 2 aromatic carbocycles. The molecule has 2 fully saturated rings. The van der Waals surface area contributed by atoms with Crippen molar-refractivity contribution in [1.29, 1.82) is 0 Å². The van der Waals surface area contributed by atoms with Crippen LogP contribution in [-0.2, 0) is 27.8 Å². The van der Waals surface area contributed by atoms with Crippen LogP contribution in [0.1, 0.15) is 87.2 Å². The Kier molecular flexibility index (Phi) is 11.1. The van der Waals surface area contributed by atoms with Crippen LogP contribution >= 0.6 is 11.6 Å². The monoisotopic (exact) mass is 685 g/mol. The number of nitrogens with one attached hydrogen (secondary N) is 1. The molecule has 8 nitrogen and oxygen atoms in total. The van der Waals surface area contributed by atoms with Gasteiger partial charge in [-0.2, -0.15) is 0 Å². The van der Waals surface area contributed by atoms with Gasteiger partial charge in [-0.05, 0) is 124 Å². The topological polar surface area (TPSA) is 88.2 Å². The number of rotatable bonds is 2. The van der Waals surface area contributed by atoms with Gasteiger partial charge in [-0.3, -0.25) is 9.69 Å². The lowest BCUT2D eigenvalue weighted by atomic mass is 9.63. The van der Waals surface area contributed by atoms with Gasteiger partial charge in [0, 0.05) is 42.8 Å². The van der Waals surface area contributed by atoms with Crippen LogP contribution in [0.15, 0.2) is 36.4 Å². The molecule has 3 aliphatic heterocycles. The quantitative estimate of drug-likeness (QED) is 0.377. The van der Waals surface area contributed by atoms with Crippen molar-refractivity contribution in [2.45, 2.75) is 90.0 Å². The highest BCUT2D eigenvalue weighted by molar-refractivity contribution is 7.90. The first-order valence-corrected chi connectivity index (χ1v) is 19.7. The van der Waals surface area contributed by atoms with E-state index in [9.17, 15) is 13.2 Å². The number of nitrogens with zero attached hydrogens (tertiary/aromatic N) is 2. The van der Waals surface area contributed by atoms with Gasteiger partial charge in [-0.1, -0.05) is 31.0 Å². The summed E-state index contributed by atoms with van der Waals surface area (Å²) < 4.78 is 41.6. The number of hydrogen-bond acceptors (Lipinski definition) is 7. The molecule has 3 heterocycles. The van der Waals surface area contributed by atoms with Gasteiger partial charge in [-0.25, -0.2) is 13.1 Å². The molecule has 258 valence electrons. The molecule has 0 unspecified atom stereocenters. The fraction of sp³-hybridized carbons (Fsp3) is 0.649. The predicted octanol–water partition coefficient (Wildman–Crippen LogP) is 6.69. The standard InChI is InChI=1S/C37H52ClN3O5S/c1-25-7-6-9-33(26(2)40-17-19-45-20-18-40)34-14-11-30(34)23-41-16-5-4-8-28-21-32(38)13-10-31(28)24-46-36-15-12-29(22-35(36)41)37(42)39-47(43,44)27(25)3/h10,12-13,15,21-22,25-27,30,33-34H,4-9,11,14,16-20,23-24H2,1-3H3,(H,39,42)/t25-,26-,27+,30-,33-,34+/m0/s1. The Morgan fingerprint density at radius 2 is 1.74 bits per heavy atom. The zero-order valence-electron chi connectivity index (χ0n) is 28.3. The smallest absolute Gasteiger partial charge is 0.264 e. The molecule has 1 saturated heterocycles. The Morgan fingerprint density at radius 1 is 0.936 bits per heavy atom. The van der Waals surface area contributed by atoms with Crippen LogP contribution in [0.2, 0.25) is 5.02 Å². The highest BCUT2D eigenvalue weighted by Gasteiger charge is 2.42. The van der Waals surface area contributed by atoms with Crippen LogP contribution in [0.5, 0.6) is 5.75 Å². The third-order valence-corrected chi connectivity index (χ3v) is 13.8. The van der Waals surface area contributed by atoms with Crippen molar-refractivity contribution in [2.75, 3.05) is 44.3 Å². The van der Waals surface area contributed by atoms with Gasteiger partial charge in [0.05, 0.1) is 24.2 Å². The third kappa shape index (κ3) is 7.95. The second-order valence-electron chi connectivity index (χ2n) is 14.4. The Labute approximate surface area is 286 Å². The summed E-state index contributed by atoms with van der Waals surface area (Å²) in [6.07, 6.45) is 8.21. The van der Waals surface area contributed by atoms with E-state index in [0.29, 0.717) is 41.7 Å². The highest BCUT2D eigenvalue weighted by atomic mass is 35.5. The van der Waals surface area contributed by atoms with E-state index in [1.54, 1.807) is 13.0 Å². The molecule has 2 aromatic rings. The van der Waals surface area contributed by atoms with E-state index in [-0.39, 0.29) is 5.92 Å². The van der Waals surface area contributed by atoms with E-state index in [1.165, 1.54) is 18.4 Å². The molecular weight excluding hydrogens is 634 g/mol. The molecule has 47 heavy (non-hydrogen) atoms. The number of hydrogen-bond donors (Lipinski definition) is 1. The number of fused-ring (bicyclic) bond motifs is 3. The van der Waals surface area contributed by atoms with Crippen molar-refractivity contribution in [3.63, 3.8) is 0 Å². The number of carbonyl (C=O) groups is 1. The number of ether oxygens (including phenoxy) is 2. The molecule has 1 amide bonds. The van der Waals surface area contributed by atoms with Crippen molar-refractivity contribution < 1.29 is 22.7 Å². The summed E-state index contributed by atoms with van der Waals surface area (Å²) in [5, 5.41) is 0.0514. The summed E-state index contributed by atoms with van der Waals surface area (Å²) >= 11 is 6.38. The van der Waals surface area contributed by atoms with E-state index in [2.05, 4.69) is 21.4 Å². The number of amides is 1. The average molecular weight is 686 g/mol. The minimum atomic E-state index is -3.87. The summed E-state index contributed by atoms with van der Waals surface area (Å²) in [4.78, 5) is 18.5. The second-order valence-corrected chi connectivity index (χ2v) is 16.9. The number of halogens is 1. The number of aryl methyl sites for hydroxylation is 1. The minimum absolute atomic E-state index is 0.0706. The van der Waals surface area contributed by atoms with E-state index < -0.39 is 21.2 Å². The maximum atomic E-state index is 13.5. The molecule has 0 aromatic heterocycles. The second kappa shape index (κ2) is 15.1. The molecule has 6 rings (SSSR count). The summed E-state index contributed by atoms with van der Waals surface area (Å²) in [5.74, 6) is 1.72. The zero-order valence-corrected chi connectivity index (χ0v) is 29.8. The fourth-order valence-corrected chi connectivity index (χ4v) is 9.82. The molecule has 0 radical (unpaired) electrons. The molecule has 4 aliphatic rings.